The minimum absolute atomic E-state index is 0.00840. The third-order valence-electron chi connectivity index (χ3n) is 4.05. The second-order valence-corrected chi connectivity index (χ2v) is 5.58. The van der Waals surface area contributed by atoms with Gasteiger partial charge in [0.2, 0.25) is 0 Å². The molecule has 2 nitrogen and oxygen atoms in total. The maximum Gasteiger partial charge on any atom is 0.393 e. The zero-order chi connectivity index (χ0) is 14.8. The first-order valence-corrected chi connectivity index (χ1v) is 6.87. The Morgan fingerprint density at radius 1 is 1.20 bits per heavy atom. The normalized spacial score (nSPS) is 27.8. The largest absolute Gasteiger partial charge is 0.393 e. The molecule has 1 fully saturated rings. The first kappa shape index (κ1) is 15.3. The van der Waals surface area contributed by atoms with Gasteiger partial charge in [0.1, 0.15) is 0 Å². The Morgan fingerprint density at radius 3 is 2.45 bits per heavy atom. The third-order valence-corrected chi connectivity index (χ3v) is 4.05. The molecule has 1 saturated carbocycles. The molecule has 1 aromatic carbocycles. The van der Waals surface area contributed by atoms with Crippen LogP contribution in [0.15, 0.2) is 30.3 Å². The van der Waals surface area contributed by atoms with Crippen molar-refractivity contribution in [2.24, 2.45) is 5.92 Å². The van der Waals surface area contributed by atoms with E-state index in [2.05, 4.69) is 0 Å². The predicted molar refractivity (Wildman–Crippen MR) is 71.1 cm³/mol. The Hall–Kier alpha value is -1.07. The molecule has 1 aromatic rings. The summed E-state index contributed by atoms with van der Waals surface area (Å²) < 4.78 is 39.3. The minimum atomic E-state index is -4.20. The molecule has 112 valence electrons. The average molecular weight is 287 g/mol. The maximum absolute atomic E-state index is 13.1. The second-order valence-electron chi connectivity index (χ2n) is 5.58. The number of aliphatic hydroxyl groups excluding tert-OH is 1. The van der Waals surface area contributed by atoms with E-state index in [1.165, 1.54) is 0 Å². The number of aliphatic hydroxyl groups is 1. The van der Waals surface area contributed by atoms with Crippen molar-refractivity contribution >= 4 is 0 Å². The van der Waals surface area contributed by atoms with Gasteiger partial charge < -0.3 is 5.11 Å². The molecule has 3 atom stereocenters. The summed E-state index contributed by atoms with van der Waals surface area (Å²) in [5, 5.41) is 9.68. The van der Waals surface area contributed by atoms with Gasteiger partial charge in [-0.3, -0.25) is 4.90 Å². The topological polar surface area (TPSA) is 23.5 Å². The molecule has 0 bridgehead atoms. The van der Waals surface area contributed by atoms with Gasteiger partial charge in [-0.05, 0) is 31.9 Å². The van der Waals surface area contributed by atoms with Crippen LogP contribution in [-0.2, 0) is 6.54 Å². The zero-order valence-electron chi connectivity index (χ0n) is 11.5. The summed E-state index contributed by atoms with van der Waals surface area (Å²) in [5.41, 5.74) is 0.982. The van der Waals surface area contributed by atoms with Crippen LogP contribution in [0.5, 0.6) is 0 Å². The molecule has 20 heavy (non-hydrogen) atoms. The molecule has 1 aliphatic carbocycles. The number of nitrogens with zero attached hydrogens (tertiary/aromatic N) is 1. The molecule has 1 N–H and O–H groups in total. The number of rotatable bonds is 3. The highest BCUT2D eigenvalue weighted by molar-refractivity contribution is 5.14. The van der Waals surface area contributed by atoms with E-state index in [1.54, 1.807) is 11.9 Å². The van der Waals surface area contributed by atoms with Gasteiger partial charge in [-0.25, -0.2) is 0 Å². The lowest BCUT2D eigenvalue weighted by molar-refractivity contribution is -0.204. The standard InChI is InChI=1S/C15H20F3NO/c1-19(10-11-5-3-2-4-6-11)14-9-12(20)7-8-13(14)15(16,17)18/h2-6,12-14,20H,7-10H2,1H3. The average Bonchev–Trinajstić information content (AvgIpc) is 2.38. The molecule has 0 aliphatic heterocycles. The highest BCUT2D eigenvalue weighted by Crippen LogP contribution is 2.40. The van der Waals surface area contributed by atoms with Crippen molar-refractivity contribution in [2.75, 3.05) is 7.05 Å². The van der Waals surface area contributed by atoms with Gasteiger partial charge >= 0.3 is 6.18 Å². The lowest BCUT2D eigenvalue weighted by Crippen LogP contribution is -2.48. The fourth-order valence-electron chi connectivity index (χ4n) is 2.98. The summed E-state index contributed by atoms with van der Waals surface area (Å²) in [6.07, 6.45) is -4.39. The van der Waals surface area contributed by atoms with Crippen LogP contribution >= 0.6 is 0 Å². The highest BCUT2D eigenvalue weighted by atomic mass is 19.4. The quantitative estimate of drug-likeness (QED) is 0.922. The molecule has 2 rings (SSSR count). The van der Waals surface area contributed by atoms with E-state index in [4.69, 9.17) is 0 Å². The van der Waals surface area contributed by atoms with Crippen LogP contribution in [0.3, 0.4) is 0 Å². The summed E-state index contributed by atoms with van der Waals surface area (Å²) >= 11 is 0. The van der Waals surface area contributed by atoms with E-state index in [-0.39, 0.29) is 19.3 Å². The van der Waals surface area contributed by atoms with Crippen LogP contribution in [0.1, 0.15) is 24.8 Å². The minimum Gasteiger partial charge on any atom is -0.393 e. The van der Waals surface area contributed by atoms with E-state index < -0.39 is 24.2 Å². The molecular weight excluding hydrogens is 267 g/mol. The van der Waals surface area contributed by atoms with Gasteiger partial charge in [0.25, 0.3) is 0 Å². The lowest BCUT2D eigenvalue weighted by atomic mass is 9.81. The first-order chi connectivity index (χ1) is 9.38. The van der Waals surface area contributed by atoms with Gasteiger partial charge in [0, 0.05) is 12.6 Å². The highest BCUT2D eigenvalue weighted by Gasteiger charge is 2.48. The van der Waals surface area contributed by atoms with Crippen molar-refractivity contribution in [2.45, 2.75) is 44.1 Å². The summed E-state index contributed by atoms with van der Waals surface area (Å²) in [7, 11) is 1.70. The second kappa shape index (κ2) is 6.14. The SMILES string of the molecule is CN(Cc1ccccc1)C1CC(O)CCC1C(F)(F)F. The van der Waals surface area contributed by atoms with Crippen LogP contribution in [-0.4, -0.2) is 35.4 Å². The number of halogens is 3. The molecule has 0 heterocycles. The molecule has 3 unspecified atom stereocenters. The Labute approximate surface area is 117 Å². The van der Waals surface area contributed by atoms with Crippen molar-refractivity contribution in [3.63, 3.8) is 0 Å². The smallest absolute Gasteiger partial charge is 0.393 e. The Bertz CT molecular complexity index is 421. The van der Waals surface area contributed by atoms with Gasteiger partial charge in [-0.1, -0.05) is 30.3 Å². The van der Waals surface area contributed by atoms with Crippen LogP contribution in [0.4, 0.5) is 13.2 Å². The molecule has 0 amide bonds. The van der Waals surface area contributed by atoms with Crippen LogP contribution in [0.2, 0.25) is 0 Å². The van der Waals surface area contributed by atoms with E-state index in [9.17, 15) is 18.3 Å². The summed E-state index contributed by atoms with van der Waals surface area (Å²) in [6, 6.07) is 8.78. The number of alkyl halides is 3. The van der Waals surface area contributed by atoms with E-state index >= 15 is 0 Å². The van der Waals surface area contributed by atoms with Gasteiger partial charge in [-0.2, -0.15) is 13.2 Å². The maximum atomic E-state index is 13.1. The van der Waals surface area contributed by atoms with Crippen molar-refractivity contribution in [1.29, 1.82) is 0 Å². The molecule has 0 aromatic heterocycles. The summed E-state index contributed by atoms with van der Waals surface area (Å²) in [6.45, 7) is 0.463. The molecule has 0 saturated heterocycles. The Kier molecular flexibility index (Phi) is 4.70. The first-order valence-electron chi connectivity index (χ1n) is 6.87. The summed E-state index contributed by atoms with van der Waals surface area (Å²) in [4.78, 5) is 1.72. The van der Waals surface area contributed by atoms with Crippen molar-refractivity contribution in [1.82, 2.24) is 4.90 Å². The van der Waals surface area contributed by atoms with Gasteiger partial charge in [0.05, 0.1) is 12.0 Å². The van der Waals surface area contributed by atoms with Crippen LogP contribution in [0, 0.1) is 5.92 Å². The van der Waals surface area contributed by atoms with Crippen molar-refractivity contribution < 1.29 is 18.3 Å². The molecule has 0 spiro atoms. The van der Waals surface area contributed by atoms with E-state index in [0.717, 1.165) is 5.56 Å². The Balaban J connectivity index is 2.09. The van der Waals surface area contributed by atoms with E-state index in [0.29, 0.717) is 6.54 Å². The van der Waals surface area contributed by atoms with Gasteiger partial charge in [-0.15, -0.1) is 0 Å². The van der Waals surface area contributed by atoms with Crippen molar-refractivity contribution in [3.05, 3.63) is 35.9 Å². The molecule has 0 radical (unpaired) electrons. The number of hydrogen-bond acceptors (Lipinski definition) is 2. The molecular formula is C15H20F3NO. The zero-order valence-corrected chi connectivity index (χ0v) is 11.5. The van der Waals surface area contributed by atoms with Crippen LogP contribution < -0.4 is 0 Å². The molecule has 5 heteroatoms. The number of benzene rings is 1. The van der Waals surface area contributed by atoms with Crippen molar-refractivity contribution in [3.8, 4) is 0 Å². The Morgan fingerprint density at radius 2 is 1.85 bits per heavy atom. The monoisotopic (exact) mass is 287 g/mol. The fraction of sp³-hybridized carbons (Fsp3) is 0.600. The molecule has 1 aliphatic rings. The fourth-order valence-corrected chi connectivity index (χ4v) is 2.98. The number of hydrogen-bond donors (Lipinski definition) is 1. The lowest BCUT2D eigenvalue weighted by Gasteiger charge is -2.40. The van der Waals surface area contributed by atoms with E-state index in [1.807, 2.05) is 30.3 Å². The third kappa shape index (κ3) is 3.73. The predicted octanol–water partition coefficient (Wildman–Crippen LogP) is 3.21. The van der Waals surface area contributed by atoms with Crippen LogP contribution in [0.25, 0.3) is 0 Å². The van der Waals surface area contributed by atoms with Gasteiger partial charge in [0.15, 0.2) is 0 Å². The summed E-state index contributed by atoms with van der Waals surface area (Å²) in [5.74, 6) is -1.35.